The number of pyridine rings is 1. The molecule has 0 radical (unpaired) electrons. The maximum absolute atomic E-state index is 11.8. The molecular weight excluding hydrogens is 520 g/mol. The van der Waals surface area contributed by atoms with Gasteiger partial charge in [-0.05, 0) is 58.6 Å². The van der Waals surface area contributed by atoms with Crippen LogP contribution in [0.5, 0.6) is 0 Å². The predicted molar refractivity (Wildman–Crippen MR) is 134 cm³/mol. The van der Waals surface area contributed by atoms with Gasteiger partial charge in [-0.2, -0.15) is 5.10 Å². The Labute approximate surface area is 207 Å². The van der Waals surface area contributed by atoms with Crippen LogP contribution in [-0.2, 0) is 22.4 Å². The highest BCUT2D eigenvalue weighted by Gasteiger charge is 2.30. The minimum absolute atomic E-state index is 0.491. The quantitative estimate of drug-likeness (QED) is 0.280. The van der Waals surface area contributed by atoms with Crippen molar-refractivity contribution in [2.45, 2.75) is 12.8 Å². The molecule has 0 saturated heterocycles. The van der Waals surface area contributed by atoms with E-state index in [0.717, 1.165) is 61.7 Å². The molecule has 9 nitrogen and oxygen atoms in total. The third kappa shape index (κ3) is 4.08. The van der Waals surface area contributed by atoms with Gasteiger partial charge in [0.05, 0.1) is 41.0 Å². The number of fused-ring (bicyclic) bond motifs is 3. The number of nitrogens with one attached hydrogen (secondary N) is 1. The van der Waals surface area contributed by atoms with Gasteiger partial charge in [-0.15, -0.1) is 0 Å². The largest absolute Gasteiger partial charge is 0.453 e. The maximum Gasteiger partial charge on any atom is 0.413 e. The molecule has 1 aliphatic rings. The van der Waals surface area contributed by atoms with E-state index >= 15 is 0 Å². The average molecular weight is 539 g/mol. The van der Waals surface area contributed by atoms with Crippen molar-refractivity contribution in [1.29, 1.82) is 0 Å². The first-order valence-electron chi connectivity index (χ1n) is 10.3. The molecule has 1 aromatic carbocycles. The van der Waals surface area contributed by atoms with Crippen LogP contribution in [0.2, 0.25) is 0 Å². The van der Waals surface area contributed by atoms with Crippen LogP contribution in [0.3, 0.4) is 0 Å². The molecule has 5 rings (SSSR count). The Bertz CT molecular complexity index is 1400. The number of hydrogen-bond donors (Lipinski definition) is 1. The van der Waals surface area contributed by atoms with E-state index in [2.05, 4.69) is 36.4 Å². The molecule has 3 heterocycles. The van der Waals surface area contributed by atoms with Gasteiger partial charge >= 0.3 is 6.09 Å². The summed E-state index contributed by atoms with van der Waals surface area (Å²) in [6.07, 6.45) is 6.17. The highest BCUT2D eigenvalue weighted by atomic mass is 79.9. The number of hydrogen-bond acceptors (Lipinski definition) is 8. The van der Waals surface area contributed by atoms with Crippen molar-refractivity contribution in [2.75, 3.05) is 19.5 Å². The number of amides is 1. The Balaban J connectivity index is 1.69. The van der Waals surface area contributed by atoms with Gasteiger partial charge in [-0.25, -0.2) is 14.5 Å². The molecule has 172 valence electrons. The number of thiazole rings is 1. The number of anilines is 1. The molecule has 3 aromatic heterocycles. The summed E-state index contributed by atoms with van der Waals surface area (Å²) >= 11 is 5.10. The van der Waals surface area contributed by atoms with Crippen molar-refractivity contribution >= 4 is 44.7 Å². The van der Waals surface area contributed by atoms with Gasteiger partial charge < -0.3 is 9.57 Å². The second kappa shape index (κ2) is 9.35. The summed E-state index contributed by atoms with van der Waals surface area (Å²) in [5.41, 5.74) is 6.56. The highest BCUT2D eigenvalue weighted by Crippen LogP contribution is 2.44. The Morgan fingerprint density at radius 2 is 2.18 bits per heavy atom. The Morgan fingerprint density at radius 3 is 2.91 bits per heavy atom. The smallest absolute Gasteiger partial charge is 0.413 e. The number of aryl methyl sites for hydroxylation is 1. The van der Waals surface area contributed by atoms with E-state index in [9.17, 15) is 4.79 Å². The van der Waals surface area contributed by atoms with E-state index < -0.39 is 6.09 Å². The minimum atomic E-state index is -0.549. The molecule has 0 unspecified atom stereocenters. The number of benzene rings is 1. The van der Waals surface area contributed by atoms with Crippen LogP contribution in [0.15, 0.2) is 52.4 Å². The molecule has 0 atom stereocenters. The van der Waals surface area contributed by atoms with Crippen LogP contribution < -0.4 is 5.32 Å². The number of aromatic nitrogens is 4. The lowest BCUT2D eigenvalue weighted by Crippen LogP contribution is -2.10. The maximum atomic E-state index is 11.8. The summed E-state index contributed by atoms with van der Waals surface area (Å²) in [7, 11) is 2.83. The lowest BCUT2D eigenvalue weighted by molar-refractivity contribution is 0.187. The van der Waals surface area contributed by atoms with E-state index in [0.29, 0.717) is 5.13 Å². The fourth-order valence-corrected chi connectivity index (χ4v) is 5.48. The fourth-order valence-electron chi connectivity index (χ4n) is 3.86. The third-order valence-corrected chi connectivity index (χ3v) is 7.00. The van der Waals surface area contributed by atoms with Crippen molar-refractivity contribution < 1.29 is 14.4 Å². The van der Waals surface area contributed by atoms with Crippen LogP contribution in [0, 0.1) is 0 Å². The Kier molecular flexibility index (Phi) is 6.12. The Morgan fingerprint density at radius 1 is 1.29 bits per heavy atom. The number of methoxy groups -OCH3 is 1. The first-order chi connectivity index (χ1) is 16.6. The van der Waals surface area contributed by atoms with Crippen molar-refractivity contribution in [3.8, 4) is 27.5 Å². The second-order valence-corrected chi connectivity index (χ2v) is 9.22. The number of nitrogens with zero attached hydrogens (tertiary/aromatic N) is 5. The van der Waals surface area contributed by atoms with E-state index in [1.807, 2.05) is 41.2 Å². The Hall–Kier alpha value is -3.57. The minimum Gasteiger partial charge on any atom is -0.453 e. The first-order valence-corrected chi connectivity index (χ1v) is 11.9. The molecule has 34 heavy (non-hydrogen) atoms. The molecule has 0 saturated carbocycles. The SMILES string of the molecule is CON=Cc1ccc(-n2nc(-c3cccnc3)c3c2-c2sc(NC(=O)OC)nc2CC3)c(Br)c1. The lowest BCUT2D eigenvalue weighted by atomic mass is 9.95. The van der Waals surface area contributed by atoms with Crippen molar-refractivity contribution in [3.05, 3.63) is 64.0 Å². The summed E-state index contributed by atoms with van der Waals surface area (Å²) in [5.74, 6) is 0. The summed E-state index contributed by atoms with van der Waals surface area (Å²) in [6.45, 7) is 0. The molecule has 4 aromatic rings. The summed E-state index contributed by atoms with van der Waals surface area (Å²) < 4.78 is 7.51. The van der Waals surface area contributed by atoms with Crippen LogP contribution in [-0.4, -0.2) is 46.3 Å². The zero-order chi connectivity index (χ0) is 23.7. The topological polar surface area (TPSA) is 104 Å². The monoisotopic (exact) mass is 538 g/mol. The highest BCUT2D eigenvalue weighted by molar-refractivity contribution is 9.10. The molecule has 0 aliphatic heterocycles. The number of halogens is 1. The van der Waals surface area contributed by atoms with Gasteiger partial charge in [-0.3, -0.25) is 10.3 Å². The normalized spacial score (nSPS) is 12.3. The molecule has 11 heteroatoms. The zero-order valence-electron chi connectivity index (χ0n) is 18.3. The molecule has 0 bridgehead atoms. The first kappa shape index (κ1) is 22.2. The lowest BCUT2D eigenvalue weighted by Gasteiger charge is -2.15. The van der Waals surface area contributed by atoms with Crippen LogP contribution >= 0.6 is 27.3 Å². The number of rotatable bonds is 5. The molecule has 1 aliphatic carbocycles. The van der Waals surface area contributed by atoms with Crippen LogP contribution in [0.25, 0.3) is 27.5 Å². The van der Waals surface area contributed by atoms with Gasteiger partial charge in [-0.1, -0.05) is 22.6 Å². The molecule has 1 N–H and O–H groups in total. The van der Waals surface area contributed by atoms with Gasteiger partial charge in [0, 0.05) is 28.0 Å². The van der Waals surface area contributed by atoms with Crippen molar-refractivity contribution in [2.24, 2.45) is 5.16 Å². The van der Waals surface area contributed by atoms with Gasteiger partial charge in [0.15, 0.2) is 5.13 Å². The van der Waals surface area contributed by atoms with Gasteiger partial charge in [0.1, 0.15) is 7.11 Å². The number of ether oxygens (including phenoxy) is 1. The van der Waals surface area contributed by atoms with Gasteiger partial charge in [0.25, 0.3) is 0 Å². The molecule has 0 fully saturated rings. The second-order valence-electron chi connectivity index (χ2n) is 7.37. The number of carbonyl (C=O) groups is 1. The van der Waals surface area contributed by atoms with Crippen LogP contribution in [0.4, 0.5) is 9.93 Å². The van der Waals surface area contributed by atoms with E-state index in [1.165, 1.54) is 25.6 Å². The standard InChI is InChI=1S/C23H19BrN6O3S/c1-32-23(31)28-22-27-17-7-6-15-19(14-4-3-9-25-12-14)29-30(20(15)21(17)34-22)18-8-5-13(10-16(18)24)11-26-33-2/h3-5,8-12H,6-7H2,1-2H3,(H,27,28,31). The summed E-state index contributed by atoms with van der Waals surface area (Å²) in [4.78, 5) is 26.4. The third-order valence-electron chi connectivity index (χ3n) is 5.34. The summed E-state index contributed by atoms with van der Waals surface area (Å²) in [6, 6.07) is 9.79. The van der Waals surface area contributed by atoms with E-state index in [-0.39, 0.29) is 0 Å². The molecular formula is C23H19BrN6O3S. The van der Waals surface area contributed by atoms with Crippen molar-refractivity contribution in [3.63, 3.8) is 0 Å². The number of carbonyl (C=O) groups excluding carboxylic acids is 1. The molecule has 1 amide bonds. The predicted octanol–water partition coefficient (Wildman–Crippen LogP) is 5.08. The zero-order valence-corrected chi connectivity index (χ0v) is 20.7. The van der Waals surface area contributed by atoms with E-state index in [4.69, 9.17) is 14.7 Å². The van der Waals surface area contributed by atoms with Crippen LogP contribution in [0.1, 0.15) is 16.8 Å². The van der Waals surface area contributed by atoms with Gasteiger partial charge in [0.2, 0.25) is 0 Å². The number of oxime groups is 1. The van der Waals surface area contributed by atoms with Crippen molar-refractivity contribution in [1.82, 2.24) is 19.7 Å². The van der Waals surface area contributed by atoms with E-state index in [1.54, 1.807) is 12.4 Å². The average Bonchev–Trinajstić information content (AvgIpc) is 3.44. The summed E-state index contributed by atoms with van der Waals surface area (Å²) in [5, 5.41) is 12.0. The molecule has 0 spiro atoms. The fraction of sp³-hybridized carbons (Fsp3) is 0.174.